The molecular formula is C13H18ClN3O2. The fourth-order valence-corrected chi connectivity index (χ4v) is 2.64. The minimum absolute atomic E-state index is 0.0335. The topological polar surface area (TPSA) is 58.4 Å². The number of nitro benzene ring substituents is 1. The smallest absolute Gasteiger partial charge is 0.270 e. The molecular weight excluding hydrogens is 266 g/mol. The van der Waals surface area contributed by atoms with Crippen molar-refractivity contribution in [2.24, 2.45) is 5.92 Å². The summed E-state index contributed by atoms with van der Waals surface area (Å²) in [4.78, 5) is 12.5. The maximum absolute atomic E-state index is 10.6. The van der Waals surface area contributed by atoms with Crippen molar-refractivity contribution in [3.63, 3.8) is 0 Å². The van der Waals surface area contributed by atoms with E-state index in [1.54, 1.807) is 6.07 Å². The number of nitrogens with zero attached hydrogens (tertiary/aromatic N) is 2. The second kappa shape index (κ2) is 6.32. The lowest BCUT2D eigenvalue weighted by Gasteiger charge is -2.12. The van der Waals surface area contributed by atoms with Crippen LogP contribution in [0.4, 0.5) is 5.69 Å². The molecule has 0 radical (unpaired) electrons. The number of likely N-dealkylation sites (tertiary alicyclic amines) is 1. The van der Waals surface area contributed by atoms with Gasteiger partial charge in [-0.05, 0) is 44.1 Å². The highest BCUT2D eigenvalue weighted by Crippen LogP contribution is 2.22. The first-order valence-corrected chi connectivity index (χ1v) is 6.76. The van der Waals surface area contributed by atoms with E-state index in [-0.39, 0.29) is 5.69 Å². The predicted octanol–water partition coefficient (Wildman–Crippen LogP) is 2.29. The van der Waals surface area contributed by atoms with Crippen molar-refractivity contribution in [1.82, 2.24) is 10.2 Å². The van der Waals surface area contributed by atoms with Crippen LogP contribution in [0.1, 0.15) is 12.0 Å². The third-order valence-corrected chi connectivity index (χ3v) is 3.84. The van der Waals surface area contributed by atoms with Crippen LogP contribution in [0.5, 0.6) is 0 Å². The average Bonchev–Trinajstić information content (AvgIpc) is 2.77. The van der Waals surface area contributed by atoms with Gasteiger partial charge in [-0.3, -0.25) is 10.1 Å². The minimum Gasteiger partial charge on any atom is -0.312 e. The Bertz CT molecular complexity index is 467. The Labute approximate surface area is 117 Å². The minimum atomic E-state index is -0.433. The van der Waals surface area contributed by atoms with Gasteiger partial charge < -0.3 is 10.2 Å². The molecule has 1 atom stereocenters. The van der Waals surface area contributed by atoms with Gasteiger partial charge in [-0.25, -0.2) is 0 Å². The van der Waals surface area contributed by atoms with E-state index in [1.807, 2.05) is 0 Å². The van der Waals surface area contributed by atoms with Crippen molar-refractivity contribution >= 4 is 17.3 Å². The molecule has 1 fully saturated rings. The standard InChI is InChI=1S/C13H18ClN3O2/c1-16-5-4-10(9-16)7-15-8-11-2-3-12(17(18)19)6-13(11)14/h2-3,6,10,15H,4-5,7-9H2,1H3. The third-order valence-electron chi connectivity index (χ3n) is 3.48. The maximum Gasteiger partial charge on any atom is 0.270 e. The van der Waals surface area contributed by atoms with Gasteiger partial charge in [0.15, 0.2) is 0 Å². The Morgan fingerprint density at radius 2 is 2.37 bits per heavy atom. The van der Waals surface area contributed by atoms with E-state index < -0.39 is 4.92 Å². The Morgan fingerprint density at radius 3 is 2.95 bits per heavy atom. The lowest BCUT2D eigenvalue weighted by Crippen LogP contribution is -2.24. The first-order valence-electron chi connectivity index (χ1n) is 6.38. The molecule has 1 heterocycles. The average molecular weight is 284 g/mol. The van der Waals surface area contributed by atoms with Gasteiger partial charge in [0.25, 0.3) is 5.69 Å². The first kappa shape index (κ1) is 14.2. The Balaban J connectivity index is 1.84. The molecule has 1 aromatic carbocycles. The molecule has 1 aromatic rings. The third kappa shape index (κ3) is 3.89. The summed E-state index contributed by atoms with van der Waals surface area (Å²) in [5.74, 6) is 0.682. The molecule has 0 spiro atoms. The molecule has 6 heteroatoms. The van der Waals surface area contributed by atoms with Crippen LogP contribution in [0.15, 0.2) is 18.2 Å². The highest BCUT2D eigenvalue weighted by Gasteiger charge is 2.18. The van der Waals surface area contributed by atoms with Crippen molar-refractivity contribution in [3.8, 4) is 0 Å². The Hall–Kier alpha value is -1.17. The molecule has 104 valence electrons. The van der Waals surface area contributed by atoms with Gasteiger partial charge in [-0.15, -0.1) is 0 Å². The summed E-state index contributed by atoms with van der Waals surface area (Å²) in [7, 11) is 2.13. The van der Waals surface area contributed by atoms with Gasteiger partial charge in [0.1, 0.15) is 0 Å². The van der Waals surface area contributed by atoms with E-state index in [4.69, 9.17) is 11.6 Å². The Kier molecular flexibility index (Phi) is 4.74. The molecule has 1 N–H and O–H groups in total. The van der Waals surface area contributed by atoms with E-state index in [9.17, 15) is 10.1 Å². The van der Waals surface area contributed by atoms with Gasteiger partial charge in [0.05, 0.1) is 9.95 Å². The quantitative estimate of drug-likeness (QED) is 0.665. The molecule has 1 saturated heterocycles. The van der Waals surface area contributed by atoms with E-state index in [0.29, 0.717) is 17.5 Å². The van der Waals surface area contributed by atoms with Crippen LogP contribution < -0.4 is 5.32 Å². The summed E-state index contributed by atoms with van der Waals surface area (Å²) in [5, 5.41) is 14.4. The SMILES string of the molecule is CN1CCC(CNCc2ccc([N+](=O)[O-])cc2Cl)C1. The highest BCUT2D eigenvalue weighted by atomic mass is 35.5. The van der Waals surface area contributed by atoms with Crippen LogP contribution in [0.25, 0.3) is 0 Å². The van der Waals surface area contributed by atoms with Gasteiger partial charge >= 0.3 is 0 Å². The molecule has 0 saturated carbocycles. The monoisotopic (exact) mass is 283 g/mol. The van der Waals surface area contributed by atoms with Gasteiger partial charge in [0, 0.05) is 25.2 Å². The second-order valence-electron chi connectivity index (χ2n) is 5.08. The van der Waals surface area contributed by atoms with Crippen LogP contribution in [-0.4, -0.2) is 36.5 Å². The van der Waals surface area contributed by atoms with Crippen molar-refractivity contribution in [2.75, 3.05) is 26.7 Å². The van der Waals surface area contributed by atoms with Gasteiger partial charge in [-0.1, -0.05) is 11.6 Å². The summed E-state index contributed by atoms with van der Waals surface area (Å²) in [6.07, 6.45) is 1.22. The number of halogens is 1. The van der Waals surface area contributed by atoms with E-state index in [0.717, 1.165) is 25.2 Å². The number of nitrogens with one attached hydrogen (secondary N) is 1. The fourth-order valence-electron chi connectivity index (χ4n) is 2.40. The van der Waals surface area contributed by atoms with Crippen LogP contribution in [0.3, 0.4) is 0 Å². The van der Waals surface area contributed by atoms with Crippen LogP contribution in [0.2, 0.25) is 5.02 Å². The predicted molar refractivity (Wildman–Crippen MR) is 75.4 cm³/mol. The van der Waals surface area contributed by atoms with Crippen molar-refractivity contribution < 1.29 is 4.92 Å². The van der Waals surface area contributed by atoms with E-state index >= 15 is 0 Å². The fraction of sp³-hybridized carbons (Fsp3) is 0.538. The van der Waals surface area contributed by atoms with E-state index in [1.165, 1.54) is 18.6 Å². The number of non-ortho nitro benzene ring substituents is 1. The first-order chi connectivity index (χ1) is 9.06. The summed E-state index contributed by atoms with van der Waals surface area (Å²) in [6, 6.07) is 4.61. The summed E-state index contributed by atoms with van der Waals surface area (Å²) < 4.78 is 0. The molecule has 1 unspecified atom stereocenters. The lowest BCUT2D eigenvalue weighted by molar-refractivity contribution is -0.384. The molecule has 0 bridgehead atoms. The van der Waals surface area contributed by atoms with Gasteiger partial charge in [-0.2, -0.15) is 0 Å². The summed E-state index contributed by atoms with van der Waals surface area (Å²) >= 11 is 6.04. The number of hydrogen-bond donors (Lipinski definition) is 1. The van der Waals surface area contributed by atoms with Crippen LogP contribution in [-0.2, 0) is 6.54 Å². The molecule has 1 aliphatic rings. The second-order valence-corrected chi connectivity index (χ2v) is 5.49. The van der Waals surface area contributed by atoms with Crippen LogP contribution >= 0.6 is 11.6 Å². The van der Waals surface area contributed by atoms with Crippen LogP contribution in [0, 0.1) is 16.0 Å². The number of rotatable bonds is 5. The molecule has 0 aromatic heterocycles. The zero-order chi connectivity index (χ0) is 13.8. The number of nitro groups is 1. The summed E-state index contributed by atoms with van der Waals surface area (Å²) in [5.41, 5.74) is 0.935. The number of hydrogen-bond acceptors (Lipinski definition) is 4. The molecule has 2 rings (SSSR count). The maximum atomic E-state index is 10.6. The zero-order valence-electron chi connectivity index (χ0n) is 10.9. The molecule has 5 nitrogen and oxygen atoms in total. The van der Waals surface area contributed by atoms with Crippen molar-refractivity contribution in [1.29, 1.82) is 0 Å². The molecule has 1 aliphatic heterocycles. The van der Waals surface area contributed by atoms with Crippen molar-refractivity contribution in [2.45, 2.75) is 13.0 Å². The molecule has 19 heavy (non-hydrogen) atoms. The normalized spacial score (nSPS) is 19.8. The Morgan fingerprint density at radius 1 is 1.58 bits per heavy atom. The number of benzene rings is 1. The zero-order valence-corrected chi connectivity index (χ0v) is 11.7. The largest absolute Gasteiger partial charge is 0.312 e. The summed E-state index contributed by atoms with van der Waals surface area (Å²) in [6.45, 7) is 3.89. The van der Waals surface area contributed by atoms with Crippen molar-refractivity contribution in [3.05, 3.63) is 38.9 Å². The highest BCUT2D eigenvalue weighted by molar-refractivity contribution is 6.31. The molecule has 0 amide bonds. The molecule has 0 aliphatic carbocycles. The van der Waals surface area contributed by atoms with Gasteiger partial charge in [0.2, 0.25) is 0 Å². The van der Waals surface area contributed by atoms with E-state index in [2.05, 4.69) is 17.3 Å². The lowest BCUT2D eigenvalue weighted by atomic mass is 10.1.